The first-order valence-corrected chi connectivity index (χ1v) is 3.70. The van der Waals surface area contributed by atoms with Crippen LogP contribution < -0.4 is 0 Å². The first kappa shape index (κ1) is 3.81. The average molecular weight is 80.2 g/mol. The van der Waals surface area contributed by atoms with Crippen molar-refractivity contribution in [3.63, 3.8) is 0 Å². The summed E-state index contributed by atoms with van der Waals surface area (Å²) in [5, 5.41) is 0. The third-order valence-corrected chi connectivity index (χ3v) is 2.67. The van der Waals surface area contributed by atoms with Crippen LogP contribution in [0, 0.1) is 0 Å². The molecule has 0 bridgehead atoms. The molecule has 1 saturated carbocycles. The molecular weight excluding hydrogens is 75.1 g/mol. The molecular formula is C3H5K. The Morgan fingerprint density at radius 2 is 1.75 bits per heavy atom. The molecule has 0 aliphatic heterocycles. The molecule has 0 saturated heterocycles. The number of hydrogen-bond donors (Lipinski definition) is 0. The molecule has 1 heteroatoms. The van der Waals surface area contributed by atoms with Crippen molar-refractivity contribution in [3.05, 3.63) is 0 Å². The molecule has 0 aromatic heterocycles. The van der Waals surface area contributed by atoms with Gasteiger partial charge in [-0.2, -0.15) is 0 Å². The molecule has 1 aliphatic carbocycles. The molecule has 0 nitrogen and oxygen atoms in total. The molecule has 1 rings (SSSR count). The van der Waals surface area contributed by atoms with Crippen LogP contribution in [-0.2, 0) is 0 Å². The fourth-order valence-corrected chi connectivity index (χ4v) is 0.687. The van der Waals surface area contributed by atoms with E-state index in [1.165, 1.54) is 49.0 Å². The van der Waals surface area contributed by atoms with Gasteiger partial charge in [-0.15, -0.1) is 0 Å². The maximum atomic E-state index is 1.57. The van der Waals surface area contributed by atoms with Crippen LogP contribution in [0.4, 0.5) is 0 Å². The molecule has 0 spiro atoms. The average Bonchev–Trinajstić information content (AvgIpc) is 1.75. The third kappa shape index (κ3) is 1.18. The molecule has 0 unspecified atom stereocenters. The Balaban J connectivity index is 2.17. The fourth-order valence-electron chi connectivity index (χ4n) is 0.167. The molecule has 1 fully saturated rings. The Kier molecular flexibility index (Phi) is 1.33. The van der Waals surface area contributed by atoms with E-state index in [1.54, 1.807) is 12.8 Å². The van der Waals surface area contributed by atoms with Gasteiger partial charge in [0.2, 0.25) is 0 Å². The van der Waals surface area contributed by atoms with Crippen LogP contribution in [0.2, 0.25) is 0.0125 Å². The first-order valence-electron chi connectivity index (χ1n) is 1.89. The summed E-state index contributed by atoms with van der Waals surface area (Å²) in [5.41, 5.74) is 0. The zero-order chi connectivity index (χ0) is 2.99. The van der Waals surface area contributed by atoms with Crippen LogP contribution >= 0.6 is 0 Å². The predicted molar refractivity (Wildman–Crippen MR) is 18.7 cm³/mol. The first-order chi connectivity index (χ1) is 1.89. The summed E-state index contributed by atoms with van der Waals surface area (Å²) in [6.07, 6.45) is 3.14. The van der Waals surface area contributed by atoms with E-state index in [2.05, 4.69) is 0 Å². The second-order valence-corrected chi connectivity index (χ2v) is 4.23. The van der Waals surface area contributed by atoms with Crippen molar-refractivity contribution in [2.24, 2.45) is 0 Å². The van der Waals surface area contributed by atoms with Gasteiger partial charge in [0, 0.05) is 0 Å². The number of rotatable bonds is 0. The second kappa shape index (κ2) is 1.39. The van der Waals surface area contributed by atoms with E-state index >= 15 is 0 Å². The topological polar surface area (TPSA) is 0 Å². The van der Waals surface area contributed by atoms with Gasteiger partial charge in [0.1, 0.15) is 0 Å². The van der Waals surface area contributed by atoms with E-state index in [0.29, 0.717) is 0 Å². The predicted octanol–water partition coefficient (Wildman–Crippen LogP) is 0.737. The zero-order valence-electron chi connectivity index (χ0n) is 2.99. The van der Waals surface area contributed by atoms with Gasteiger partial charge in [-0.05, 0) is 0 Å². The Hall–Kier alpha value is 1.64. The standard InChI is InChI=1S/C3H5.K/c1-2-3-1;/h1H,2-3H2;. The van der Waals surface area contributed by atoms with Crippen LogP contribution in [-0.4, -0.2) is 49.0 Å². The summed E-state index contributed by atoms with van der Waals surface area (Å²) in [6, 6.07) is 0. The van der Waals surface area contributed by atoms with E-state index in [4.69, 9.17) is 0 Å². The molecule has 0 N–H and O–H groups in total. The van der Waals surface area contributed by atoms with Crippen LogP contribution in [0.1, 0.15) is 12.8 Å². The summed E-state index contributed by atoms with van der Waals surface area (Å²) >= 11 is 1.17. The summed E-state index contributed by atoms with van der Waals surface area (Å²) in [6.45, 7) is 0. The molecule has 1 aliphatic rings. The van der Waals surface area contributed by atoms with E-state index in [9.17, 15) is 0 Å². The van der Waals surface area contributed by atoms with Crippen LogP contribution in [0.25, 0.3) is 0 Å². The quantitative estimate of drug-likeness (QED) is 0.376. The number of hydrogen-bond acceptors (Lipinski definition) is 0. The molecule has 0 atom stereocenters. The van der Waals surface area contributed by atoms with Crippen molar-refractivity contribution in [2.75, 3.05) is 0 Å². The fraction of sp³-hybridized carbons (Fsp3) is 1.00. The zero-order valence-corrected chi connectivity index (χ0v) is 6.11. The van der Waals surface area contributed by atoms with E-state index < -0.39 is 0 Å². The van der Waals surface area contributed by atoms with Gasteiger partial charge in [0.25, 0.3) is 0 Å². The van der Waals surface area contributed by atoms with Crippen LogP contribution in [0.15, 0.2) is 0 Å². The van der Waals surface area contributed by atoms with E-state index in [0.717, 1.165) is 0 Å². The van der Waals surface area contributed by atoms with Gasteiger partial charge in [-0.1, -0.05) is 0 Å². The van der Waals surface area contributed by atoms with Crippen molar-refractivity contribution < 1.29 is 0 Å². The maximum absolute atomic E-state index is 1.57. The Morgan fingerprint density at radius 1 is 1.50 bits per heavy atom. The molecule has 0 aromatic rings. The van der Waals surface area contributed by atoms with Crippen molar-refractivity contribution in [1.29, 1.82) is 0 Å². The Morgan fingerprint density at radius 3 is 1.75 bits per heavy atom. The Labute approximate surface area is 60.5 Å². The van der Waals surface area contributed by atoms with E-state index in [1.807, 2.05) is 0 Å². The Bertz CT molecular complexity index is 22.5. The van der Waals surface area contributed by atoms with Gasteiger partial charge < -0.3 is 0 Å². The monoisotopic (exact) mass is 80.0 g/mol. The molecule has 4 heavy (non-hydrogen) atoms. The van der Waals surface area contributed by atoms with Crippen molar-refractivity contribution in [1.82, 2.24) is 0 Å². The van der Waals surface area contributed by atoms with Gasteiger partial charge in [0.05, 0.1) is 0 Å². The van der Waals surface area contributed by atoms with Gasteiger partial charge >= 0.3 is 61.8 Å². The van der Waals surface area contributed by atoms with Crippen molar-refractivity contribution >= 4 is 49.0 Å². The third-order valence-electron chi connectivity index (χ3n) is 0.866. The van der Waals surface area contributed by atoms with Gasteiger partial charge in [-0.3, -0.25) is 0 Å². The summed E-state index contributed by atoms with van der Waals surface area (Å²) in [5.74, 6) is 0. The van der Waals surface area contributed by atoms with E-state index in [-0.39, 0.29) is 0 Å². The second-order valence-electron chi connectivity index (χ2n) is 1.68. The summed E-state index contributed by atoms with van der Waals surface area (Å²) in [4.78, 5) is 0. The summed E-state index contributed by atoms with van der Waals surface area (Å²) in [7, 11) is 0. The van der Waals surface area contributed by atoms with Crippen LogP contribution in [0.5, 0.6) is 0 Å². The SMILES string of the molecule is [K][CH]1CC1. The molecule has 18 valence electrons. The summed E-state index contributed by atoms with van der Waals surface area (Å²) < 4.78 is 1.27. The van der Waals surface area contributed by atoms with Crippen molar-refractivity contribution in [2.45, 2.75) is 12.9 Å². The molecule has 0 aromatic carbocycles. The van der Waals surface area contributed by atoms with Gasteiger partial charge in [-0.25, -0.2) is 0 Å². The minimum atomic E-state index is 1.17. The van der Waals surface area contributed by atoms with Crippen molar-refractivity contribution in [3.8, 4) is 0 Å². The molecule has 0 radical (unpaired) electrons. The molecule has 0 amide bonds. The van der Waals surface area contributed by atoms with Crippen LogP contribution in [0.3, 0.4) is 0 Å². The van der Waals surface area contributed by atoms with Gasteiger partial charge in [0.15, 0.2) is 0 Å². The molecule has 0 heterocycles. The normalized spacial score (nSPS) is 26.5. The minimum absolute atomic E-state index is 1.17.